The quantitative estimate of drug-likeness (QED) is 0.832. The molecule has 0 spiro atoms. The molecular weight excluding hydrogens is 208 g/mol. The maximum atomic E-state index is 8.89. The summed E-state index contributed by atoms with van der Waals surface area (Å²) >= 11 is 0. The summed E-state index contributed by atoms with van der Waals surface area (Å²) in [6, 6.07) is 10.5. The van der Waals surface area contributed by atoms with Crippen LogP contribution < -0.4 is 5.32 Å². The first-order valence-corrected chi connectivity index (χ1v) is 6.38. The Morgan fingerprint density at radius 2 is 2.18 bits per heavy atom. The van der Waals surface area contributed by atoms with Gasteiger partial charge in [-0.1, -0.05) is 32.8 Å². The Morgan fingerprint density at radius 1 is 1.35 bits per heavy atom. The van der Waals surface area contributed by atoms with Crippen LogP contribution in [0.5, 0.6) is 0 Å². The third-order valence-electron chi connectivity index (χ3n) is 3.84. The molecule has 1 fully saturated rings. The van der Waals surface area contributed by atoms with Gasteiger partial charge in [-0.25, -0.2) is 0 Å². The number of nitrogens with one attached hydrogen (secondary N) is 1. The summed E-state index contributed by atoms with van der Waals surface area (Å²) < 4.78 is 0. The van der Waals surface area contributed by atoms with Gasteiger partial charge >= 0.3 is 0 Å². The molecule has 2 heteroatoms. The van der Waals surface area contributed by atoms with Crippen LogP contribution in [0.25, 0.3) is 0 Å². The van der Waals surface area contributed by atoms with E-state index in [1.807, 2.05) is 24.3 Å². The van der Waals surface area contributed by atoms with Crippen molar-refractivity contribution in [1.29, 1.82) is 5.26 Å². The molecule has 1 unspecified atom stereocenters. The SMILES string of the molecule is CC1(C)CCCCC1Nc1cccc(C#N)c1. The number of anilines is 1. The maximum Gasteiger partial charge on any atom is 0.0992 e. The van der Waals surface area contributed by atoms with Gasteiger partial charge in [0.1, 0.15) is 0 Å². The molecular formula is C15H20N2. The van der Waals surface area contributed by atoms with Crippen LogP contribution in [0.15, 0.2) is 24.3 Å². The van der Waals surface area contributed by atoms with E-state index in [0.717, 1.165) is 11.3 Å². The molecule has 1 aromatic rings. The number of nitrogens with zero attached hydrogens (tertiary/aromatic N) is 1. The van der Waals surface area contributed by atoms with Crippen LogP contribution in [0.2, 0.25) is 0 Å². The van der Waals surface area contributed by atoms with Crippen LogP contribution >= 0.6 is 0 Å². The van der Waals surface area contributed by atoms with Crippen molar-refractivity contribution in [3.63, 3.8) is 0 Å². The molecule has 17 heavy (non-hydrogen) atoms. The maximum absolute atomic E-state index is 8.89. The lowest BCUT2D eigenvalue weighted by atomic mass is 9.73. The zero-order valence-corrected chi connectivity index (χ0v) is 10.7. The fraction of sp³-hybridized carbons (Fsp3) is 0.533. The van der Waals surface area contributed by atoms with Gasteiger partial charge in [0.15, 0.2) is 0 Å². The molecule has 1 aliphatic carbocycles. The van der Waals surface area contributed by atoms with Gasteiger partial charge in [-0.3, -0.25) is 0 Å². The minimum atomic E-state index is 0.348. The van der Waals surface area contributed by atoms with Crippen molar-refractivity contribution < 1.29 is 0 Å². The highest BCUT2D eigenvalue weighted by atomic mass is 14.9. The smallest absolute Gasteiger partial charge is 0.0992 e. The van der Waals surface area contributed by atoms with Gasteiger partial charge in [-0.2, -0.15) is 5.26 Å². The second-order valence-electron chi connectivity index (χ2n) is 5.62. The molecule has 1 aliphatic rings. The molecule has 0 radical (unpaired) electrons. The lowest BCUT2D eigenvalue weighted by Crippen LogP contribution is -2.38. The second-order valence-corrected chi connectivity index (χ2v) is 5.62. The Kier molecular flexibility index (Phi) is 3.38. The molecule has 1 N–H and O–H groups in total. The summed E-state index contributed by atoms with van der Waals surface area (Å²) in [5, 5.41) is 12.5. The minimum absolute atomic E-state index is 0.348. The van der Waals surface area contributed by atoms with E-state index in [2.05, 4.69) is 25.2 Å². The summed E-state index contributed by atoms with van der Waals surface area (Å²) in [4.78, 5) is 0. The average molecular weight is 228 g/mol. The Bertz CT molecular complexity index is 429. The Labute approximate surface area is 104 Å². The van der Waals surface area contributed by atoms with E-state index in [1.54, 1.807) is 0 Å². The first-order chi connectivity index (χ1) is 8.12. The van der Waals surface area contributed by atoms with E-state index in [9.17, 15) is 0 Å². The highest BCUT2D eigenvalue weighted by Crippen LogP contribution is 2.37. The van der Waals surface area contributed by atoms with Crippen molar-refractivity contribution in [3.05, 3.63) is 29.8 Å². The van der Waals surface area contributed by atoms with Crippen molar-refractivity contribution in [1.82, 2.24) is 0 Å². The third-order valence-corrected chi connectivity index (χ3v) is 3.84. The van der Waals surface area contributed by atoms with Gasteiger partial charge in [0.25, 0.3) is 0 Å². The topological polar surface area (TPSA) is 35.8 Å². The van der Waals surface area contributed by atoms with Crippen molar-refractivity contribution in [2.24, 2.45) is 5.41 Å². The first-order valence-electron chi connectivity index (χ1n) is 6.38. The van der Waals surface area contributed by atoms with E-state index in [1.165, 1.54) is 25.7 Å². The molecule has 0 bridgehead atoms. The van der Waals surface area contributed by atoms with Crippen molar-refractivity contribution in [2.45, 2.75) is 45.6 Å². The summed E-state index contributed by atoms with van der Waals surface area (Å²) in [6.07, 6.45) is 5.15. The molecule has 1 saturated carbocycles. The van der Waals surface area contributed by atoms with E-state index in [0.29, 0.717) is 11.5 Å². The largest absolute Gasteiger partial charge is 0.382 e. The molecule has 90 valence electrons. The van der Waals surface area contributed by atoms with Crippen LogP contribution in [0.4, 0.5) is 5.69 Å². The summed E-state index contributed by atoms with van der Waals surface area (Å²) in [7, 11) is 0. The van der Waals surface area contributed by atoms with Gasteiger partial charge in [0, 0.05) is 11.7 Å². The zero-order valence-electron chi connectivity index (χ0n) is 10.7. The number of hydrogen-bond acceptors (Lipinski definition) is 2. The van der Waals surface area contributed by atoms with E-state index >= 15 is 0 Å². The van der Waals surface area contributed by atoms with Crippen molar-refractivity contribution in [3.8, 4) is 6.07 Å². The molecule has 1 aromatic carbocycles. The van der Waals surface area contributed by atoms with Gasteiger partial charge in [-0.05, 0) is 36.5 Å². The van der Waals surface area contributed by atoms with Gasteiger partial charge in [-0.15, -0.1) is 0 Å². The van der Waals surface area contributed by atoms with Gasteiger partial charge in [0.2, 0.25) is 0 Å². The fourth-order valence-electron chi connectivity index (χ4n) is 2.64. The van der Waals surface area contributed by atoms with Crippen LogP contribution in [-0.2, 0) is 0 Å². The summed E-state index contributed by atoms with van der Waals surface area (Å²) in [5.41, 5.74) is 2.15. The molecule has 1 atom stereocenters. The fourth-order valence-corrected chi connectivity index (χ4v) is 2.64. The predicted octanol–water partition coefficient (Wildman–Crippen LogP) is 3.94. The number of rotatable bonds is 2. The van der Waals surface area contributed by atoms with Crippen molar-refractivity contribution >= 4 is 5.69 Å². The zero-order chi connectivity index (χ0) is 12.3. The molecule has 0 amide bonds. The van der Waals surface area contributed by atoms with E-state index in [4.69, 9.17) is 5.26 Å². The van der Waals surface area contributed by atoms with Crippen LogP contribution in [-0.4, -0.2) is 6.04 Å². The lowest BCUT2D eigenvalue weighted by molar-refractivity contribution is 0.217. The van der Waals surface area contributed by atoms with Crippen LogP contribution in [0.1, 0.15) is 45.1 Å². The Balaban J connectivity index is 2.12. The van der Waals surface area contributed by atoms with Gasteiger partial charge in [0.05, 0.1) is 11.6 Å². The van der Waals surface area contributed by atoms with Crippen LogP contribution in [0.3, 0.4) is 0 Å². The average Bonchev–Trinajstić information content (AvgIpc) is 2.32. The second kappa shape index (κ2) is 4.79. The molecule has 2 rings (SSSR count). The van der Waals surface area contributed by atoms with Crippen LogP contribution in [0, 0.1) is 16.7 Å². The van der Waals surface area contributed by atoms with Crippen molar-refractivity contribution in [2.75, 3.05) is 5.32 Å². The molecule has 0 aromatic heterocycles. The monoisotopic (exact) mass is 228 g/mol. The minimum Gasteiger partial charge on any atom is -0.382 e. The van der Waals surface area contributed by atoms with E-state index in [-0.39, 0.29) is 0 Å². The number of nitriles is 1. The highest BCUT2D eigenvalue weighted by molar-refractivity contribution is 5.50. The number of hydrogen-bond donors (Lipinski definition) is 1. The normalized spacial score (nSPS) is 22.8. The summed E-state index contributed by atoms with van der Waals surface area (Å²) in [5.74, 6) is 0. The Morgan fingerprint density at radius 3 is 2.88 bits per heavy atom. The number of benzene rings is 1. The highest BCUT2D eigenvalue weighted by Gasteiger charge is 2.31. The van der Waals surface area contributed by atoms with E-state index < -0.39 is 0 Å². The Hall–Kier alpha value is -1.49. The standard InChI is InChI=1S/C15H20N2/c1-15(2)9-4-3-8-14(15)17-13-7-5-6-12(10-13)11-16/h5-7,10,14,17H,3-4,8-9H2,1-2H3. The summed E-state index contributed by atoms with van der Waals surface area (Å²) in [6.45, 7) is 4.66. The van der Waals surface area contributed by atoms with Gasteiger partial charge < -0.3 is 5.32 Å². The molecule has 0 aliphatic heterocycles. The third kappa shape index (κ3) is 2.79. The first kappa shape index (κ1) is 12.0. The molecule has 0 heterocycles. The predicted molar refractivity (Wildman–Crippen MR) is 70.8 cm³/mol. The lowest BCUT2D eigenvalue weighted by Gasteiger charge is -2.39. The molecule has 2 nitrogen and oxygen atoms in total. The molecule has 0 saturated heterocycles.